The van der Waals surface area contributed by atoms with E-state index in [4.69, 9.17) is 11.6 Å². The molecule has 13 heavy (non-hydrogen) atoms. The summed E-state index contributed by atoms with van der Waals surface area (Å²) in [5, 5.41) is -0.713. The smallest absolute Gasteiger partial charge is 0.161 e. The van der Waals surface area contributed by atoms with Crippen LogP contribution in [0, 0.1) is 5.92 Å². The average molecular weight is 203 g/mol. The zero-order valence-corrected chi connectivity index (χ0v) is 8.49. The van der Waals surface area contributed by atoms with Crippen LogP contribution >= 0.6 is 11.6 Å². The number of carbonyl (C=O) groups is 1. The van der Waals surface area contributed by atoms with Gasteiger partial charge in [0.05, 0.1) is 5.38 Å². The lowest BCUT2D eigenvalue weighted by atomic mass is 9.84. The maximum Gasteiger partial charge on any atom is 0.161 e. The molecule has 0 N–H and O–H groups in total. The van der Waals surface area contributed by atoms with E-state index in [0.29, 0.717) is 0 Å². The Labute approximate surface area is 82.3 Å². The first-order valence-corrected chi connectivity index (χ1v) is 4.57. The van der Waals surface area contributed by atoms with E-state index in [0.717, 1.165) is 5.57 Å². The zero-order valence-electron chi connectivity index (χ0n) is 7.73. The third-order valence-corrected chi connectivity index (χ3v) is 2.91. The van der Waals surface area contributed by atoms with Gasteiger partial charge < -0.3 is 0 Å². The van der Waals surface area contributed by atoms with E-state index in [1.54, 1.807) is 6.92 Å². The summed E-state index contributed by atoms with van der Waals surface area (Å²) in [7, 11) is 0. The molecule has 1 aliphatic rings. The van der Waals surface area contributed by atoms with Crippen LogP contribution in [0.1, 0.15) is 20.3 Å². The Hall–Kier alpha value is -0.630. The standard InChI is InChI=1S/C10H12ClFO/c1-5(2)7-4-8(13)6(3)10(12)9(7)11/h7,9H,1,4H2,2-3H3. The number of rotatable bonds is 1. The molecule has 0 amide bonds. The summed E-state index contributed by atoms with van der Waals surface area (Å²) in [5.41, 5.74) is 0.925. The monoisotopic (exact) mass is 202 g/mol. The van der Waals surface area contributed by atoms with Gasteiger partial charge in [0.15, 0.2) is 5.78 Å². The van der Waals surface area contributed by atoms with Crippen molar-refractivity contribution in [3.63, 3.8) is 0 Å². The van der Waals surface area contributed by atoms with Crippen molar-refractivity contribution in [1.82, 2.24) is 0 Å². The first-order valence-electron chi connectivity index (χ1n) is 4.14. The van der Waals surface area contributed by atoms with Crippen LogP contribution in [0.2, 0.25) is 0 Å². The van der Waals surface area contributed by atoms with Gasteiger partial charge in [0.2, 0.25) is 0 Å². The fourth-order valence-electron chi connectivity index (χ4n) is 1.40. The second-order valence-corrected chi connectivity index (χ2v) is 3.93. The van der Waals surface area contributed by atoms with Crippen LogP contribution in [0.4, 0.5) is 4.39 Å². The van der Waals surface area contributed by atoms with E-state index < -0.39 is 11.2 Å². The first-order chi connectivity index (χ1) is 5.95. The summed E-state index contributed by atoms with van der Waals surface area (Å²) in [4.78, 5) is 11.3. The van der Waals surface area contributed by atoms with Gasteiger partial charge in [-0.3, -0.25) is 4.79 Å². The lowest BCUT2D eigenvalue weighted by molar-refractivity contribution is -0.116. The fourth-order valence-corrected chi connectivity index (χ4v) is 1.86. The summed E-state index contributed by atoms with van der Waals surface area (Å²) in [6.07, 6.45) is 0.281. The third kappa shape index (κ3) is 1.83. The molecule has 2 unspecified atom stereocenters. The van der Waals surface area contributed by atoms with Crippen LogP contribution in [-0.2, 0) is 4.79 Å². The summed E-state index contributed by atoms with van der Waals surface area (Å²) in [6, 6.07) is 0. The van der Waals surface area contributed by atoms with Crippen molar-refractivity contribution in [1.29, 1.82) is 0 Å². The van der Waals surface area contributed by atoms with Crippen molar-refractivity contribution in [3.8, 4) is 0 Å². The molecular weight excluding hydrogens is 191 g/mol. The summed E-state index contributed by atoms with van der Waals surface area (Å²) in [6.45, 7) is 6.94. The van der Waals surface area contributed by atoms with E-state index in [-0.39, 0.29) is 23.7 Å². The van der Waals surface area contributed by atoms with Crippen LogP contribution in [0.5, 0.6) is 0 Å². The predicted molar refractivity (Wildman–Crippen MR) is 51.4 cm³/mol. The minimum absolute atomic E-state index is 0.164. The van der Waals surface area contributed by atoms with E-state index in [1.807, 2.05) is 0 Å². The number of ketones is 1. The van der Waals surface area contributed by atoms with Gasteiger partial charge in [0, 0.05) is 17.9 Å². The second kappa shape index (κ2) is 3.62. The van der Waals surface area contributed by atoms with Crippen LogP contribution in [0.3, 0.4) is 0 Å². The molecule has 0 radical (unpaired) electrons. The molecular formula is C10H12ClFO. The first kappa shape index (κ1) is 10.5. The van der Waals surface area contributed by atoms with Crippen molar-refractivity contribution in [2.45, 2.75) is 25.6 Å². The van der Waals surface area contributed by atoms with Crippen molar-refractivity contribution in [3.05, 3.63) is 23.6 Å². The molecule has 0 heterocycles. The lowest BCUT2D eigenvalue weighted by Crippen LogP contribution is -2.27. The van der Waals surface area contributed by atoms with Crippen molar-refractivity contribution < 1.29 is 9.18 Å². The van der Waals surface area contributed by atoms with Crippen molar-refractivity contribution >= 4 is 17.4 Å². The number of hydrogen-bond donors (Lipinski definition) is 0. The molecule has 2 atom stereocenters. The van der Waals surface area contributed by atoms with Gasteiger partial charge in [-0.1, -0.05) is 12.2 Å². The number of Topliss-reactive ketones (excluding diaryl/α,β-unsaturated/α-hetero) is 1. The van der Waals surface area contributed by atoms with E-state index in [1.165, 1.54) is 6.92 Å². The molecule has 0 aromatic carbocycles. The largest absolute Gasteiger partial charge is 0.294 e. The maximum atomic E-state index is 13.3. The maximum absolute atomic E-state index is 13.3. The molecule has 1 aliphatic carbocycles. The highest BCUT2D eigenvalue weighted by Gasteiger charge is 2.33. The minimum Gasteiger partial charge on any atom is -0.294 e. The van der Waals surface area contributed by atoms with Crippen LogP contribution in [0.15, 0.2) is 23.6 Å². The van der Waals surface area contributed by atoms with Crippen LogP contribution < -0.4 is 0 Å². The van der Waals surface area contributed by atoms with Crippen molar-refractivity contribution in [2.24, 2.45) is 5.92 Å². The predicted octanol–water partition coefficient (Wildman–Crippen LogP) is 3.00. The van der Waals surface area contributed by atoms with Crippen LogP contribution in [0.25, 0.3) is 0 Å². The van der Waals surface area contributed by atoms with Gasteiger partial charge in [-0.15, -0.1) is 11.6 Å². The summed E-state index contributed by atoms with van der Waals surface area (Å²) in [5.74, 6) is -0.911. The van der Waals surface area contributed by atoms with Gasteiger partial charge in [0.25, 0.3) is 0 Å². The third-order valence-electron chi connectivity index (χ3n) is 2.41. The lowest BCUT2D eigenvalue weighted by Gasteiger charge is -2.26. The Morgan fingerprint density at radius 1 is 1.69 bits per heavy atom. The van der Waals surface area contributed by atoms with Crippen molar-refractivity contribution in [2.75, 3.05) is 0 Å². The molecule has 0 saturated heterocycles. The minimum atomic E-state index is -0.713. The summed E-state index contributed by atoms with van der Waals surface area (Å²) < 4.78 is 13.3. The van der Waals surface area contributed by atoms with Gasteiger partial charge in [-0.2, -0.15) is 0 Å². The Morgan fingerprint density at radius 3 is 2.69 bits per heavy atom. The molecule has 0 saturated carbocycles. The number of alkyl halides is 1. The number of halogens is 2. The molecule has 0 aromatic heterocycles. The molecule has 72 valence electrons. The number of allylic oxidation sites excluding steroid dienone is 3. The Morgan fingerprint density at radius 2 is 2.23 bits per heavy atom. The molecule has 0 spiro atoms. The SMILES string of the molecule is C=C(C)C1CC(=O)C(C)=C(F)C1Cl. The molecule has 1 rings (SSSR count). The molecule has 0 aliphatic heterocycles. The highest BCUT2D eigenvalue weighted by atomic mass is 35.5. The molecule has 3 heteroatoms. The highest BCUT2D eigenvalue weighted by Crippen LogP contribution is 2.35. The van der Waals surface area contributed by atoms with E-state index >= 15 is 0 Å². The summed E-state index contributed by atoms with van der Waals surface area (Å²) >= 11 is 5.84. The molecule has 0 bridgehead atoms. The fraction of sp³-hybridized carbons (Fsp3) is 0.500. The topological polar surface area (TPSA) is 17.1 Å². The second-order valence-electron chi connectivity index (χ2n) is 3.45. The molecule has 0 aromatic rings. The average Bonchev–Trinajstić information content (AvgIpc) is 2.07. The van der Waals surface area contributed by atoms with E-state index in [2.05, 4.69) is 6.58 Å². The number of carbonyl (C=O) groups excluding carboxylic acids is 1. The normalized spacial score (nSPS) is 29.4. The molecule has 1 nitrogen and oxygen atoms in total. The van der Waals surface area contributed by atoms with Crippen LogP contribution in [-0.4, -0.2) is 11.2 Å². The number of hydrogen-bond acceptors (Lipinski definition) is 1. The zero-order chi connectivity index (χ0) is 10.2. The highest BCUT2D eigenvalue weighted by molar-refractivity contribution is 6.23. The van der Waals surface area contributed by atoms with Gasteiger partial charge in [-0.25, -0.2) is 4.39 Å². The Bertz CT molecular complexity index is 293. The Kier molecular flexibility index (Phi) is 2.91. The van der Waals surface area contributed by atoms with Gasteiger partial charge in [0.1, 0.15) is 5.83 Å². The molecule has 0 fully saturated rings. The van der Waals surface area contributed by atoms with Gasteiger partial charge >= 0.3 is 0 Å². The Balaban J connectivity index is 3.02. The van der Waals surface area contributed by atoms with E-state index in [9.17, 15) is 9.18 Å². The van der Waals surface area contributed by atoms with Gasteiger partial charge in [-0.05, 0) is 13.8 Å². The quantitative estimate of drug-likeness (QED) is 0.472.